The molecule has 1 N–H and O–H groups in total. The van der Waals surface area contributed by atoms with Crippen molar-refractivity contribution >= 4 is 33.0 Å². The zero-order valence-corrected chi connectivity index (χ0v) is 13.9. The van der Waals surface area contributed by atoms with Crippen molar-refractivity contribution in [1.29, 1.82) is 0 Å². The van der Waals surface area contributed by atoms with Crippen molar-refractivity contribution in [2.45, 2.75) is 6.92 Å². The Morgan fingerprint density at radius 3 is 2.88 bits per heavy atom. The summed E-state index contributed by atoms with van der Waals surface area (Å²) in [5, 5.41) is 14.4. The van der Waals surface area contributed by atoms with Crippen molar-refractivity contribution in [3.63, 3.8) is 0 Å². The maximum Gasteiger partial charge on any atom is 0.265 e. The molecule has 0 fully saturated rings. The highest BCUT2D eigenvalue weighted by atomic mass is 32.1. The first-order chi connectivity index (χ1) is 12.1. The lowest BCUT2D eigenvalue weighted by Gasteiger charge is -2.08. The average molecular weight is 353 g/mol. The van der Waals surface area contributed by atoms with Crippen molar-refractivity contribution < 1.29 is 9.18 Å². The Bertz CT molecular complexity index is 1070. The fourth-order valence-electron chi connectivity index (χ4n) is 2.54. The first kappa shape index (κ1) is 15.4. The third kappa shape index (κ3) is 2.87. The largest absolute Gasteiger partial charge is 0.321 e. The van der Waals surface area contributed by atoms with Crippen LogP contribution >= 0.6 is 11.3 Å². The van der Waals surface area contributed by atoms with Crippen LogP contribution in [-0.2, 0) is 0 Å². The molecule has 0 saturated heterocycles. The standard InChI is InChI=1S/C17H12FN5OS/c1-10-5-6-11(7-14(10)23-9-19-21-22-23)20-17(24)16-8-12-13(18)3-2-4-15(12)25-16/h2-9H,1H3,(H,20,24). The molecule has 0 aliphatic rings. The number of thiophene rings is 1. The number of hydrogen-bond donors (Lipinski definition) is 1. The van der Waals surface area contributed by atoms with E-state index in [2.05, 4.69) is 20.8 Å². The van der Waals surface area contributed by atoms with Crippen molar-refractivity contribution in [2.75, 3.05) is 5.32 Å². The van der Waals surface area contributed by atoms with Gasteiger partial charge in [-0.15, -0.1) is 16.4 Å². The molecule has 6 nitrogen and oxygen atoms in total. The molecule has 0 radical (unpaired) electrons. The molecule has 0 spiro atoms. The van der Waals surface area contributed by atoms with Crippen LogP contribution in [0.25, 0.3) is 15.8 Å². The predicted octanol–water partition coefficient (Wildman–Crippen LogP) is 3.58. The number of rotatable bonds is 3. The first-order valence-electron chi connectivity index (χ1n) is 7.45. The van der Waals surface area contributed by atoms with Gasteiger partial charge in [-0.1, -0.05) is 12.1 Å². The lowest BCUT2D eigenvalue weighted by atomic mass is 10.2. The van der Waals surface area contributed by atoms with Gasteiger partial charge in [-0.2, -0.15) is 0 Å². The summed E-state index contributed by atoms with van der Waals surface area (Å²) in [7, 11) is 0. The number of anilines is 1. The molecule has 0 aliphatic heterocycles. The van der Waals surface area contributed by atoms with Gasteiger partial charge in [0.25, 0.3) is 5.91 Å². The lowest BCUT2D eigenvalue weighted by molar-refractivity contribution is 0.103. The van der Waals surface area contributed by atoms with Gasteiger partial charge in [-0.05, 0) is 53.2 Å². The van der Waals surface area contributed by atoms with Crippen LogP contribution in [0.3, 0.4) is 0 Å². The smallest absolute Gasteiger partial charge is 0.265 e. The molecule has 4 rings (SSSR count). The molecule has 2 aromatic carbocycles. The van der Waals surface area contributed by atoms with Crippen LogP contribution in [0.1, 0.15) is 15.2 Å². The molecule has 2 heterocycles. The molecule has 4 aromatic rings. The first-order valence-corrected chi connectivity index (χ1v) is 8.27. The summed E-state index contributed by atoms with van der Waals surface area (Å²) in [5.74, 6) is -0.615. The number of carbonyl (C=O) groups excluding carboxylic acids is 1. The summed E-state index contributed by atoms with van der Waals surface area (Å²) >= 11 is 1.25. The van der Waals surface area contributed by atoms with Crippen LogP contribution in [0.2, 0.25) is 0 Å². The summed E-state index contributed by atoms with van der Waals surface area (Å²) in [5.41, 5.74) is 2.35. The summed E-state index contributed by atoms with van der Waals surface area (Å²) in [4.78, 5) is 13.0. The number of carbonyl (C=O) groups is 1. The van der Waals surface area contributed by atoms with Gasteiger partial charge >= 0.3 is 0 Å². The fourth-order valence-corrected chi connectivity index (χ4v) is 3.51. The van der Waals surface area contributed by atoms with Gasteiger partial charge in [0.05, 0.1) is 10.6 Å². The SMILES string of the molecule is Cc1ccc(NC(=O)c2cc3c(F)cccc3s2)cc1-n1cnnn1. The van der Waals surface area contributed by atoms with Crippen molar-refractivity contribution in [3.8, 4) is 5.69 Å². The van der Waals surface area contributed by atoms with Crippen LogP contribution < -0.4 is 5.32 Å². The number of nitrogens with zero attached hydrogens (tertiary/aromatic N) is 4. The lowest BCUT2D eigenvalue weighted by Crippen LogP contribution is -2.11. The highest BCUT2D eigenvalue weighted by Crippen LogP contribution is 2.28. The zero-order valence-electron chi connectivity index (χ0n) is 13.1. The van der Waals surface area contributed by atoms with E-state index in [-0.39, 0.29) is 11.7 Å². The summed E-state index contributed by atoms with van der Waals surface area (Å²) < 4.78 is 16.1. The quantitative estimate of drug-likeness (QED) is 0.611. The summed E-state index contributed by atoms with van der Waals surface area (Å²) in [6, 6.07) is 11.8. The van der Waals surface area contributed by atoms with E-state index in [4.69, 9.17) is 0 Å². The van der Waals surface area contributed by atoms with Crippen molar-refractivity contribution in [3.05, 3.63) is 65.0 Å². The van der Waals surface area contributed by atoms with E-state index in [0.29, 0.717) is 16.0 Å². The highest BCUT2D eigenvalue weighted by molar-refractivity contribution is 7.20. The summed E-state index contributed by atoms with van der Waals surface area (Å²) in [6.07, 6.45) is 1.49. The van der Waals surface area contributed by atoms with Crippen LogP contribution in [0, 0.1) is 12.7 Å². The molecule has 8 heteroatoms. The molecule has 124 valence electrons. The number of aryl methyl sites for hydroxylation is 1. The average Bonchev–Trinajstić information content (AvgIpc) is 3.26. The number of aromatic nitrogens is 4. The zero-order chi connectivity index (χ0) is 17.4. The normalized spacial score (nSPS) is 11.0. The number of amides is 1. The minimum absolute atomic E-state index is 0.285. The Morgan fingerprint density at radius 1 is 1.24 bits per heavy atom. The Labute approximate surface area is 145 Å². The molecule has 2 aromatic heterocycles. The predicted molar refractivity (Wildman–Crippen MR) is 93.6 cm³/mol. The van der Waals surface area contributed by atoms with Crippen LogP contribution in [-0.4, -0.2) is 26.1 Å². The fraction of sp³-hybridized carbons (Fsp3) is 0.0588. The van der Waals surface area contributed by atoms with Gasteiger partial charge in [0, 0.05) is 15.8 Å². The Kier molecular flexibility index (Phi) is 3.73. The number of nitrogens with one attached hydrogen (secondary N) is 1. The van der Waals surface area contributed by atoms with E-state index >= 15 is 0 Å². The van der Waals surface area contributed by atoms with Gasteiger partial charge in [0.2, 0.25) is 0 Å². The Morgan fingerprint density at radius 2 is 2.12 bits per heavy atom. The second-order valence-corrected chi connectivity index (χ2v) is 6.56. The van der Waals surface area contributed by atoms with Gasteiger partial charge in [-0.25, -0.2) is 9.07 Å². The maximum absolute atomic E-state index is 13.8. The van der Waals surface area contributed by atoms with E-state index in [1.807, 2.05) is 13.0 Å². The van der Waals surface area contributed by atoms with E-state index < -0.39 is 0 Å². The van der Waals surface area contributed by atoms with Gasteiger partial charge in [0.15, 0.2) is 0 Å². The Balaban J connectivity index is 1.64. The number of hydrogen-bond acceptors (Lipinski definition) is 5. The molecule has 0 bridgehead atoms. The van der Waals surface area contributed by atoms with Crippen LogP contribution in [0.15, 0.2) is 48.8 Å². The molecule has 1 amide bonds. The minimum Gasteiger partial charge on any atom is -0.321 e. The third-order valence-electron chi connectivity index (χ3n) is 3.79. The summed E-state index contributed by atoms with van der Waals surface area (Å²) in [6.45, 7) is 1.93. The van der Waals surface area contributed by atoms with Gasteiger partial charge in [0.1, 0.15) is 12.1 Å². The van der Waals surface area contributed by atoms with E-state index in [1.165, 1.54) is 28.4 Å². The Hall–Kier alpha value is -3.13. The second-order valence-electron chi connectivity index (χ2n) is 5.47. The van der Waals surface area contributed by atoms with Crippen molar-refractivity contribution in [1.82, 2.24) is 20.2 Å². The number of benzene rings is 2. The molecule has 0 saturated carbocycles. The molecule has 0 atom stereocenters. The van der Waals surface area contributed by atoms with E-state index in [1.54, 1.807) is 30.3 Å². The number of halogens is 1. The maximum atomic E-state index is 13.8. The second kappa shape index (κ2) is 6.06. The molecule has 0 aliphatic carbocycles. The van der Waals surface area contributed by atoms with E-state index in [9.17, 15) is 9.18 Å². The van der Waals surface area contributed by atoms with Gasteiger partial charge < -0.3 is 5.32 Å². The monoisotopic (exact) mass is 353 g/mol. The minimum atomic E-state index is -0.330. The molecular weight excluding hydrogens is 341 g/mol. The highest BCUT2D eigenvalue weighted by Gasteiger charge is 2.13. The van der Waals surface area contributed by atoms with Crippen LogP contribution in [0.4, 0.5) is 10.1 Å². The molecular formula is C17H12FN5OS. The van der Waals surface area contributed by atoms with E-state index in [0.717, 1.165) is 16.0 Å². The number of tetrazole rings is 1. The molecule has 0 unspecified atom stereocenters. The molecule has 25 heavy (non-hydrogen) atoms. The topological polar surface area (TPSA) is 72.7 Å². The van der Waals surface area contributed by atoms with Crippen molar-refractivity contribution in [2.24, 2.45) is 0 Å². The third-order valence-corrected chi connectivity index (χ3v) is 4.89. The number of fused-ring (bicyclic) bond motifs is 1. The van der Waals surface area contributed by atoms with Gasteiger partial charge in [-0.3, -0.25) is 4.79 Å². The van der Waals surface area contributed by atoms with Crippen LogP contribution in [0.5, 0.6) is 0 Å².